The zero-order chi connectivity index (χ0) is 17.2. The van der Waals surface area contributed by atoms with Crippen molar-refractivity contribution in [1.82, 2.24) is 10.9 Å². The van der Waals surface area contributed by atoms with Crippen LogP contribution < -0.4 is 16.2 Å². The van der Waals surface area contributed by atoms with Gasteiger partial charge in [0.05, 0.1) is 6.26 Å². The standard InChI is InChI=1S/C17H17N3O4/c21-15(18-13-5-2-1-3-6-13)10-11-17(23)20-19-16(22)9-8-14-7-4-12-24-14/h1-9,12H,10-11H2,(H,18,21)(H,19,22)(H,20,23)/b9-8+. The van der Waals surface area contributed by atoms with Crippen molar-refractivity contribution >= 4 is 29.5 Å². The Morgan fingerprint density at radius 3 is 2.38 bits per heavy atom. The van der Waals surface area contributed by atoms with Gasteiger partial charge >= 0.3 is 0 Å². The molecule has 7 heteroatoms. The number of hydrogen-bond donors (Lipinski definition) is 3. The van der Waals surface area contributed by atoms with Gasteiger partial charge in [0, 0.05) is 24.6 Å². The Hall–Kier alpha value is -3.35. The summed E-state index contributed by atoms with van der Waals surface area (Å²) in [6.07, 6.45) is 4.15. The van der Waals surface area contributed by atoms with Gasteiger partial charge in [-0.3, -0.25) is 25.2 Å². The molecule has 0 bridgehead atoms. The molecule has 7 nitrogen and oxygen atoms in total. The van der Waals surface area contributed by atoms with Gasteiger partial charge in [0.15, 0.2) is 0 Å². The third-order valence-corrected chi connectivity index (χ3v) is 2.90. The Balaban J connectivity index is 1.64. The number of anilines is 1. The van der Waals surface area contributed by atoms with Gasteiger partial charge in [-0.1, -0.05) is 18.2 Å². The van der Waals surface area contributed by atoms with Crippen molar-refractivity contribution in [2.24, 2.45) is 0 Å². The van der Waals surface area contributed by atoms with Crippen LogP contribution in [0.4, 0.5) is 5.69 Å². The van der Waals surface area contributed by atoms with Crippen LogP contribution in [-0.2, 0) is 14.4 Å². The molecule has 0 radical (unpaired) electrons. The zero-order valence-corrected chi connectivity index (χ0v) is 12.8. The lowest BCUT2D eigenvalue weighted by atomic mass is 10.2. The Bertz CT molecular complexity index is 709. The third kappa shape index (κ3) is 6.18. The first-order chi connectivity index (χ1) is 11.6. The Morgan fingerprint density at radius 1 is 0.917 bits per heavy atom. The average molecular weight is 327 g/mol. The van der Waals surface area contributed by atoms with Crippen LogP contribution in [0.5, 0.6) is 0 Å². The normalized spacial score (nSPS) is 10.3. The summed E-state index contributed by atoms with van der Waals surface area (Å²) < 4.78 is 5.02. The second-order valence-electron chi connectivity index (χ2n) is 4.80. The quantitative estimate of drug-likeness (QED) is 0.557. The number of carbonyl (C=O) groups excluding carboxylic acids is 3. The Labute approximate surface area is 138 Å². The fourth-order valence-electron chi connectivity index (χ4n) is 1.75. The second-order valence-corrected chi connectivity index (χ2v) is 4.80. The van der Waals surface area contributed by atoms with Gasteiger partial charge < -0.3 is 9.73 Å². The van der Waals surface area contributed by atoms with Crippen LogP contribution in [0.3, 0.4) is 0 Å². The van der Waals surface area contributed by atoms with Crippen LogP contribution in [-0.4, -0.2) is 17.7 Å². The molecule has 0 spiro atoms. The van der Waals surface area contributed by atoms with E-state index in [2.05, 4.69) is 16.2 Å². The van der Waals surface area contributed by atoms with Crippen molar-refractivity contribution in [3.63, 3.8) is 0 Å². The summed E-state index contributed by atoms with van der Waals surface area (Å²) in [7, 11) is 0. The molecule has 3 amide bonds. The fourth-order valence-corrected chi connectivity index (χ4v) is 1.75. The number of hydrogen-bond acceptors (Lipinski definition) is 4. The number of benzene rings is 1. The van der Waals surface area contributed by atoms with Crippen molar-refractivity contribution in [1.29, 1.82) is 0 Å². The summed E-state index contributed by atoms with van der Waals surface area (Å²) in [4.78, 5) is 34.8. The molecule has 2 rings (SSSR count). The van der Waals surface area contributed by atoms with Crippen molar-refractivity contribution in [3.05, 3.63) is 60.6 Å². The summed E-state index contributed by atoms with van der Waals surface area (Å²) >= 11 is 0. The van der Waals surface area contributed by atoms with Gasteiger partial charge in [0.25, 0.3) is 5.91 Å². The number of nitrogens with one attached hydrogen (secondary N) is 3. The first-order valence-electron chi connectivity index (χ1n) is 7.29. The van der Waals surface area contributed by atoms with Gasteiger partial charge in [-0.2, -0.15) is 0 Å². The lowest BCUT2D eigenvalue weighted by Gasteiger charge is -2.06. The van der Waals surface area contributed by atoms with E-state index in [1.807, 2.05) is 6.07 Å². The summed E-state index contributed by atoms with van der Waals surface area (Å²) in [6.45, 7) is 0. The topological polar surface area (TPSA) is 100 Å². The SMILES string of the molecule is O=C(/C=C/c1ccco1)NNC(=O)CCC(=O)Nc1ccccc1. The van der Waals surface area contributed by atoms with Gasteiger partial charge in [-0.05, 0) is 30.3 Å². The molecular formula is C17H17N3O4. The van der Waals surface area contributed by atoms with Crippen molar-refractivity contribution in [2.75, 3.05) is 5.32 Å². The minimum atomic E-state index is -0.506. The van der Waals surface area contributed by atoms with E-state index in [1.54, 1.807) is 36.4 Å². The molecular weight excluding hydrogens is 310 g/mol. The molecule has 1 aromatic heterocycles. The summed E-state index contributed by atoms with van der Waals surface area (Å²) in [5, 5.41) is 2.67. The van der Waals surface area contributed by atoms with Crippen molar-refractivity contribution < 1.29 is 18.8 Å². The van der Waals surface area contributed by atoms with Gasteiger partial charge in [0.2, 0.25) is 11.8 Å². The lowest BCUT2D eigenvalue weighted by molar-refractivity contribution is -0.128. The number of para-hydroxylation sites is 1. The summed E-state index contributed by atoms with van der Waals surface area (Å²) in [5.74, 6) is -0.721. The molecule has 124 valence electrons. The largest absolute Gasteiger partial charge is 0.465 e. The van der Waals surface area contributed by atoms with Crippen molar-refractivity contribution in [2.45, 2.75) is 12.8 Å². The van der Waals surface area contributed by atoms with Crippen LogP contribution >= 0.6 is 0 Å². The fraction of sp³-hybridized carbons (Fsp3) is 0.118. The zero-order valence-electron chi connectivity index (χ0n) is 12.8. The summed E-state index contributed by atoms with van der Waals surface area (Å²) in [5.41, 5.74) is 5.12. The highest BCUT2D eigenvalue weighted by Gasteiger charge is 2.07. The highest BCUT2D eigenvalue weighted by Crippen LogP contribution is 2.06. The molecule has 3 N–H and O–H groups in total. The van der Waals surface area contributed by atoms with E-state index >= 15 is 0 Å². The van der Waals surface area contributed by atoms with E-state index in [0.717, 1.165) is 0 Å². The van der Waals surface area contributed by atoms with Gasteiger partial charge in [-0.25, -0.2) is 0 Å². The van der Waals surface area contributed by atoms with Crippen LogP contribution in [0.15, 0.2) is 59.2 Å². The molecule has 1 heterocycles. The van der Waals surface area contributed by atoms with Crippen LogP contribution in [0.2, 0.25) is 0 Å². The molecule has 0 unspecified atom stereocenters. The maximum absolute atomic E-state index is 11.7. The lowest BCUT2D eigenvalue weighted by Crippen LogP contribution is -2.40. The highest BCUT2D eigenvalue weighted by molar-refractivity contribution is 5.95. The predicted molar refractivity (Wildman–Crippen MR) is 88.3 cm³/mol. The number of rotatable bonds is 6. The van der Waals surface area contributed by atoms with Crippen LogP contribution in [0.25, 0.3) is 6.08 Å². The third-order valence-electron chi connectivity index (χ3n) is 2.90. The average Bonchev–Trinajstić information content (AvgIpc) is 3.10. The minimum Gasteiger partial charge on any atom is -0.465 e. The minimum absolute atomic E-state index is 0.0127. The van der Waals surface area contributed by atoms with Crippen LogP contribution in [0, 0.1) is 0 Å². The van der Waals surface area contributed by atoms with E-state index in [9.17, 15) is 14.4 Å². The molecule has 0 saturated carbocycles. The second kappa shape index (κ2) is 8.94. The van der Waals surface area contributed by atoms with E-state index in [4.69, 9.17) is 4.42 Å². The molecule has 0 aliphatic rings. The van der Waals surface area contributed by atoms with E-state index in [1.165, 1.54) is 18.4 Å². The first kappa shape index (κ1) is 17.0. The molecule has 0 atom stereocenters. The highest BCUT2D eigenvalue weighted by atomic mass is 16.3. The Morgan fingerprint density at radius 2 is 1.67 bits per heavy atom. The summed E-state index contributed by atoms with van der Waals surface area (Å²) in [6, 6.07) is 12.3. The first-order valence-corrected chi connectivity index (χ1v) is 7.29. The number of hydrazine groups is 1. The van der Waals surface area contributed by atoms with Gasteiger partial charge in [0.1, 0.15) is 5.76 Å². The van der Waals surface area contributed by atoms with E-state index in [0.29, 0.717) is 11.4 Å². The maximum atomic E-state index is 11.7. The monoisotopic (exact) mass is 327 g/mol. The van der Waals surface area contributed by atoms with Crippen molar-refractivity contribution in [3.8, 4) is 0 Å². The van der Waals surface area contributed by atoms with E-state index in [-0.39, 0.29) is 18.7 Å². The number of carbonyl (C=O) groups is 3. The smallest absolute Gasteiger partial charge is 0.262 e. The molecule has 2 aromatic rings. The number of amides is 3. The predicted octanol–water partition coefficient (Wildman–Crippen LogP) is 1.86. The Kier molecular flexibility index (Phi) is 6.34. The molecule has 0 fully saturated rings. The molecule has 0 aliphatic carbocycles. The molecule has 24 heavy (non-hydrogen) atoms. The van der Waals surface area contributed by atoms with E-state index < -0.39 is 11.8 Å². The van der Waals surface area contributed by atoms with Crippen LogP contribution in [0.1, 0.15) is 18.6 Å². The molecule has 1 aromatic carbocycles. The maximum Gasteiger partial charge on any atom is 0.262 e. The molecule has 0 saturated heterocycles. The van der Waals surface area contributed by atoms with Gasteiger partial charge in [-0.15, -0.1) is 0 Å². The number of furan rings is 1. The molecule has 0 aliphatic heterocycles.